The van der Waals surface area contributed by atoms with Gasteiger partial charge in [-0.05, 0) is 30.5 Å². The molecule has 0 aliphatic rings. The van der Waals surface area contributed by atoms with E-state index in [0.29, 0.717) is 11.3 Å². The molecule has 5 aromatic rings. The molecule has 0 spiro atoms. The third kappa shape index (κ3) is 3.31. The lowest BCUT2D eigenvalue weighted by molar-refractivity contribution is 0.0739. The van der Waals surface area contributed by atoms with E-state index in [0.717, 1.165) is 32.9 Å². The van der Waals surface area contributed by atoms with E-state index >= 15 is 0 Å². The maximum atomic E-state index is 13.3. The van der Waals surface area contributed by atoms with Crippen molar-refractivity contribution in [2.75, 3.05) is 0 Å². The molecule has 3 nitrogen and oxygen atoms in total. The van der Waals surface area contributed by atoms with E-state index in [1.807, 2.05) is 104 Å². The lowest BCUT2D eigenvalue weighted by atomic mass is 10.0. The van der Waals surface area contributed by atoms with Crippen LogP contribution in [0.15, 0.2) is 97.1 Å². The Kier molecular flexibility index (Phi) is 4.49. The van der Waals surface area contributed by atoms with Gasteiger partial charge in [0, 0.05) is 16.3 Å². The van der Waals surface area contributed by atoms with E-state index in [1.165, 1.54) is 5.56 Å². The number of aryl methyl sites for hydroxylation is 1. The molecular weight excluding hydrogens is 370 g/mol. The predicted molar refractivity (Wildman–Crippen MR) is 121 cm³/mol. The third-order valence-corrected chi connectivity index (χ3v) is 5.24. The van der Waals surface area contributed by atoms with Gasteiger partial charge in [0.25, 0.3) is 0 Å². The van der Waals surface area contributed by atoms with Crippen LogP contribution in [0.5, 0.6) is 5.75 Å². The van der Waals surface area contributed by atoms with Crippen LogP contribution < -0.4 is 4.74 Å². The number of para-hydroxylation sites is 1. The Morgan fingerprint density at radius 1 is 0.767 bits per heavy atom. The van der Waals surface area contributed by atoms with Crippen molar-refractivity contribution in [3.05, 3.63) is 108 Å². The van der Waals surface area contributed by atoms with Crippen LogP contribution in [0.2, 0.25) is 0 Å². The number of pyridine rings is 1. The van der Waals surface area contributed by atoms with Crippen molar-refractivity contribution in [1.29, 1.82) is 0 Å². The molecule has 0 aliphatic heterocycles. The Morgan fingerprint density at radius 3 is 2.30 bits per heavy atom. The molecule has 144 valence electrons. The number of carbonyl (C=O) groups is 1. The number of hydrogen-bond donors (Lipinski definition) is 0. The summed E-state index contributed by atoms with van der Waals surface area (Å²) in [6.45, 7) is 2.05. The molecule has 0 aliphatic carbocycles. The van der Waals surface area contributed by atoms with Crippen LogP contribution in [0.3, 0.4) is 0 Å². The number of fused-ring (bicyclic) bond motifs is 2. The van der Waals surface area contributed by atoms with Gasteiger partial charge in [0.1, 0.15) is 5.75 Å². The van der Waals surface area contributed by atoms with E-state index in [2.05, 4.69) is 0 Å². The Bertz CT molecular complexity index is 1380. The van der Waals surface area contributed by atoms with Crippen molar-refractivity contribution in [2.45, 2.75) is 6.92 Å². The highest BCUT2D eigenvalue weighted by atomic mass is 16.5. The number of carbonyl (C=O) groups excluding carboxylic acids is 1. The van der Waals surface area contributed by atoms with E-state index in [-0.39, 0.29) is 0 Å². The van der Waals surface area contributed by atoms with Crippen molar-refractivity contribution in [3.63, 3.8) is 0 Å². The van der Waals surface area contributed by atoms with Crippen LogP contribution in [0.25, 0.3) is 32.9 Å². The highest BCUT2D eigenvalue weighted by Gasteiger charge is 2.17. The zero-order chi connectivity index (χ0) is 20.5. The Morgan fingerprint density at radius 2 is 1.47 bits per heavy atom. The Hall–Kier alpha value is -3.98. The summed E-state index contributed by atoms with van der Waals surface area (Å²) in [5.41, 5.74) is 4.16. The zero-order valence-corrected chi connectivity index (χ0v) is 16.5. The molecule has 0 saturated carbocycles. The maximum Gasteiger partial charge on any atom is 0.344 e. The quantitative estimate of drug-likeness (QED) is 0.258. The van der Waals surface area contributed by atoms with Gasteiger partial charge < -0.3 is 4.74 Å². The first-order valence-corrected chi connectivity index (χ1v) is 9.86. The second kappa shape index (κ2) is 7.45. The van der Waals surface area contributed by atoms with Gasteiger partial charge in [-0.15, -0.1) is 0 Å². The van der Waals surface area contributed by atoms with Gasteiger partial charge in [0.05, 0.1) is 16.8 Å². The van der Waals surface area contributed by atoms with Crippen LogP contribution >= 0.6 is 0 Å². The van der Waals surface area contributed by atoms with Gasteiger partial charge in [0.2, 0.25) is 0 Å². The number of benzene rings is 4. The molecule has 0 unspecified atom stereocenters. The molecule has 0 atom stereocenters. The number of ether oxygens (including phenoxy) is 1. The molecule has 1 aromatic heterocycles. The molecule has 5 rings (SSSR count). The van der Waals surface area contributed by atoms with Crippen molar-refractivity contribution < 1.29 is 9.53 Å². The number of nitrogens with zero attached hydrogens (tertiary/aromatic N) is 1. The first-order chi connectivity index (χ1) is 14.7. The normalized spacial score (nSPS) is 11.0. The van der Waals surface area contributed by atoms with Crippen molar-refractivity contribution in [3.8, 4) is 17.0 Å². The molecule has 3 heteroatoms. The largest absolute Gasteiger partial charge is 0.422 e. The number of esters is 1. The van der Waals surface area contributed by atoms with Crippen LogP contribution in [0.4, 0.5) is 0 Å². The highest BCUT2D eigenvalue weighted by molar-refractivity contribution is 6.06. The zero-order valence-electron chi connectivity index (χ0n) is 16.5. The molecule has 0 N–H and O–H groups in total. The van der Waals surface area contributed by atoms with Crippen molar-refractivity contribution in [1.82, 2.24) is 4.98 Å². The van der Waals surface area contributed by atoms with Gasteiger partial charge in [0.15, 0.2) is 0 Å². The maximum absolute atomic E-state index is 13.3. The van der Waals surface area contributed by atoms with Gasteiger partial charge in [-0.3, -0.25) is 0 Å². The summed E-state index contributed by atoms with van der Waals surface area (Å²) in [6.07, 6.45) is 0. The summed E-state index contributed by atoms with van der Waals surface area (Å²) in [6, 6.07) is 31.2. The minimum atomic E-state index is -0.390. The molecule has 0 radical (unpaired) electrons. The van der Waals surface area contributed by atoms with Crippen LogP contribution in [-0.2, 0) is 0 Å². The molecule has 4 aromatic carbocycles. The minimum absolute atomic E-state index is 0.390. The van der Waals surface area contributed by atoms with Crippen LogP contribution in [0.1, 0.15) is 15.9 Å². The topological polar surface area (TPSA) is 39.2 Å². The van der Waals surface area contributed by atoms with Gasteiger partial charge in [-0.2, -0.15) is 0 Å². The Labute approximate surface area is 174 Å². The fourth-order valence-corrected chi connectivity index (χ4v) is 3.66. The van der Waals surface area contributed by atoms with E-state index in [9.17, 15) is 4.79 Å². The third-order valence-electron chi connectivity index (χ3n) is 5.24. The van der Waals surface area contributed by atoms with E-state index in [4.69, 9.17) is 9.72 Å². The summed E-state index contributed by atoms with van der Waals surface area (Å²) in [5, 5.41) is 2.71. The average Bonchev–Trinajstić information content (AvgIpc) is 2.79. The molecule has 0 bridgehead atoms. The SMILES string of the molecule is Cc1ccc(-c2cc(C(=O)Oc3cccc4ccccc34)c3ccccc3n2)cc1. The molecule has 0 fully saturated rings. The summed E-state index contributed by atoms with van der Waals surface area (Å²) < 4.78 is 5.87. The predicted octanol–water partition coefficient (Wildman–Crippen LogP) is 6.58. The smallest absolute Gasteiger partial charge is 0.344 e. The van der Waals surface area contributed by atoms with Gasteiger partial charge in [-0.1, -0.05) is 84.4 Å². The number of hydrogen-bond acceptors (Lipinski definition) is 3. The monoisotopic (exact) mass is 389 g/mol. The molecule has 1 heterocycles. The van der Waals surface area contributed by atoms with E-state index in [1.54, 1.807) is 0 Å². The molecule has 30 heavy (non-hydrogen) atoms. The second-order valence-corrected chi connectivity index (χ2v) is 7.31. The summed E-state index contributed by atoms with van der Waals surface area (Å²) in [4.78, 5) is 18.0. The first kappa shape index (κ1) is 18.1. The molecule has 0 saturated heterocycles. The van der Waals surface area contributed by atoms with Crippen molar-refractivity contribution >= 4 is 27.6 Å². The Balaban J connectivity index is 1.62. The van der Waals surface area contributed by atoms with Crippen LogP contribution in [0, 0.1) is 6.92 Å². The number of aromatic nitrogens is 1. The molecule has 0 amide bonds. The van der Waals surface area contributed by atoms with Gasteiger partial charge >= 0.3 is 5.97 Å². The lowest BCUT2D eigenvalue weighted by Gasteiger charge is -2.11. The minimum Gasteiger partial charge on any atom is -0.422 e. The van der Waals surface area contributed by atoms with Gasteiger partial charge in [-0.25, -0.2) is 9.78 Å². The lowest BCUT2D eigenvalue weighted by Crippen LogP contribution is -2.10. The van der Waals surface area contributed by atoms with E-state index < -0.39 is 5.97 Å². The molecular formula is C27H19NO2. The fourth-order valence-electron chi connectivity index (χ4n) is 3.66. The summed E-state index contributed by atoms with van der Waals surface area (Å²) in [5.74, 6) is 0.161. The second-order valence-electron chi connectivity index (χ2n) is 7.31. The number of rotatable bonds is 3. The first-order valence-electron chi connectivity index (χ1n) is 9.86. The summed E-state index contributed by atoms with van der Waals surface area (Å²) in [7, 11) is 0. The highest BCUT2D eigenvalue weighted by Crippen LogP contribution is 2.29. The van der Waals surface area contributed by atoms with Crippen LogP contribution in [-0.4, -0.2) is 11.0 Å². The standard InChI is InChI=1S/C27H19NO2/c1-18-13-15-20(16-14-18)25-17-23(22-10-4-5-11-24(22)28-25)27(29)30-26-12-6-8-19-7-2-3-9-21(19)26/h2-17H,1H3. The summed E-state index contributed by atoms with van der Waals surface area (Å²) >= 11 is 0. The van der Waals surface area contributed by atoms with Crippen molar-refractivity contribution in [2.24, 2.45) is 0 Å². The fraction of sp³-hybridized carbons (Fsp3) is 0.0370. The average molecular weight is 389 g/mol.